The molecule has 3 heteroatoms. The fourth-order valence-electron chi connectivity index (χ4n) is 2.78. The highest BCUT2D eigenvalue weighted by Crippen LogP contribution is 2.19. The summed E-state index contributed by atoms with van der Waals surface area (Å²) in [7, 11) is 2.09. The number of pyridine rings is 1. The van der Waals surface area contributed by atoms with Gasteiger partial charge in [-0.25, -0.2) is 0 Å². The molecule has 1 aromatic carbocycles. The lowest BCUT2D eigenvalue weighted by molar-refractivity contribution is 0.319. The zero-order valence-electron chi connectivity index (χ0n) is 13.0. The maximum absolute atomic E-state index is 9.46. The van der Waals surface area contributed by atoms with Gasteiger partial charge in [-0.1, -0.05) is 35.9 Å². The Bertz CT molecular complexity index is 822. The summed E-state index contributed by atoms with van der Waals surface area (Å²) in [5.41, 5.74) is 5.38. The SMILES string of the molecule is Cc1ccc(CN(C)Cc2cn3ccccc3c2C#N)cc1. The van der Waals surface area contributed by atoms with Crippen molar-refractivity contribution in [3.63, 3.8) is 0 Å². The molecule has 0 bridgehead atoms. The molecule has 0 radical (unpaired) electrons. The van der Waals surface area contributed by atoms with Crippen LogP contribution >= 0.6 is 0 Å². The lowest BCUT2D eigenvalue weighted by Crippen LogP contribution is -2.17. The van der Waals surface area contributed by atoms with E-state index in [1.807, 2.05) is 28.8 Å². The second-order valence-corrected chi connectivity index (χ2v) is 5.79. The summed E-state index contributed by atoms with van der Waals surface area (Å²) in [6.45, 7) is 3.73. The van der Waals surface area contributed by atoms with Gasteiger partial charge in [-0.05, 0) is 31.7 Å². The number of nitriles is 1. The Kier molecular flexibility index (Phi) is 3.95. The lowest BCUT2D eigenvalue weighted by Gasteiger charge is -2.16. The van der Waals surface area contributed by atoms with Crippen molar-refractivity contribution in [3.8, 4) is 6.07 Å². The first-order valence-electron chi connectivity index (χ1n) is 7.40. The lowest BCUT2D eigenvalue weighted by atomic mass is 10.1. The van der Waals surface area contributed by atoms with Gasteiger partial charge in [0.25, 0.3) is 0 Å². The minimum absolute atomic E-state index is 0.762. The van der Waals surface area contributed by atoms with Crippen molar-refractivity contribution >= 4 is 5.52 Å². The molecular weight excluding hydrogens is 270 g/mol. The Labute approximate surface area is 131 Å². The Morgan fingerprint density at radius 3 is 2.59 bits per heavy atom. The number of hydrogen-bond donors (Lipinski definition) is 0. The van der Waals surface area contributed by atoms with E-state index in [9.17, 15) is 5.26 Å². The molecule has 110 valence electrons. The number of hydrogen-bond acceptors (Lipinski definition) is 2. The van der Waals surface area contributed by atoms with E-state index < -0.39 is 0 Å². The third-order valence-electron chi connectivity index (χ3n) is 3.89. The van der Waals surface area contributed by atoms with E-state index in [1.54, 1.807) is 0 Å². The van der Waals surface area contributed by atoms with Gasteiger partial charge in [0.1, 0.15) is 6.07 Å². The van der Waals surface area contributed by atoms with E-state index in [0.29, 0.717) is 0 Å². The fraction of sp³-hybridized carbons (Fsp3) is 0.211. The van der Waals surface area contributed by atoms with E-state index >= 15 is 0 Å². The summed E-state index contributed by atoms with van der Waals surface area (Å²) in [6.07, 6.45) is 4.04. The molecule has 0 aliphatic carbocycles. The smallest absolute Gasteiger partial charge is 0.102 e. The molecule has 22 heavy (non-hydrogen) atoms. The molecule has 0 unspecified atom stereocenters. The van der Waals surface area contributed by atoms with Gasteiger partial charge in [0.05, 0.1) is 11.1 Å². The van der Waals surface area contributed by atoms with Gasteiger partial charge < -0.3 is 4.40 Å². The van der Waals surface area contributed by atoms with Crippen molar-refractivity contribution in [1.82, 2.24) is 9.30 Å². The van der Waals surface area contributed by atoms with Crippen molar-refractivity contribution in [2.45, 2.75) is 20.0 Å². The molecule has 3 aromatic rings. The predicted molar refractivity (Wildman–Crippen MR) is 88.5 cm³/mol. The maximum Gasteiger partial charge on any atom is 0.102 e. The number of nitrogens with zero attached hydrogens (tertiary/aromatic N) is 3. The first-order valence-corrected chi connectivity index (χ1v) is 7.40. The minimum Gasteiger partial charge on any atom is -0.322 e. The minimum atomic E-state index is 0.762. The van der Waals surface area contributed by atoms with Crippen molar-refractivity contribution in [1.29, 1.82) is 5.26 Å². The van der Waals surface area contributed by atoms with Crippen LogP contribution in [0.2, 0.25) is 0 Å². The van der Waals surface area contributed by atoms with E-state index in [-0.39, 0.29) is 0 Å². The van der Waals surface area contributed by atoms with E-state index in [2.05, 4.69) is 55.4 Å². The molecule has 0 N–H and O–H groups in total. The Morgan fingerprint density at radius 2 is 1.86 bits per heavy atom. The second kappa shape index (κ2) is 6.05. The monoisotopic (exact) mass is 289 g/mol. The van der Waals surface area contributed by atoms with Crippen LogP contribution < -0.4 is 0 Å². The molecular formula is C19H19N3. The van der Waals surface area contributed by atoms with Crippen molar-refractivity contribution in [2.24, 2.45) is 0 Å². The topological polar surface area (TPSA) is 31.4 Å². The summed E-state index contributed by atoms with van der Waals surface area (Å²) in [6, 6.07) is 16.9. The van der Waals surface area contributed by atoms with Crippen LogP contribution in [0, 0.1) is 18.3 Å². The summed E-state index contributed by atoms with van der Waals surface area (Å²) in [5, 5.41) is 9.46. The number of aryl methyl sites for hydroxylation is 1. The average Bonchev–Trinajstić information content (AvgIpc) is 2.86. The molecule has 0 spiro atoms. The van der Waals surface area contributed by atoms with Crippen LogP contribution in [-0.4, -0.2) is 16.3 Å². The Hall–Kier alpha value is -2.57. The summed E-state index contributed by atoms with van der Waals surface area (Å²) < 4.78 is 2.02. The molecule has 2 aromatic heterocycles. The van der Waals surface area contributed by atoms with Crippen molar-refractivity contribution in [3.05, 3.63) is 77.1 Å². The molecule has 3 nitrogen and oxygen atoms in total. The van der Waals surface area contributed by atoms with Gasteiger partial charge in [0.15, 0.2) is 0 Å². The van der Waals surface area contributed by atoms with Crippen molar-refractivity contribution < 1.29 is 0 Å². The van der Waals surface area contributed by atoms with E-state index in [4.69, 9.17) is 0 Å². The molecule has 0 saturated heterocycles. The second-order valence-electron chi connectivity index (χ2n) is 5.79. The molecule has 3 rings (SSSR count). The van der Waals surface area contributed by atoms with Crippen LogP contribution in [0.15, 0.2) is 54.9 Å². The van der Waals surface area contributed by atoms with Crippen LogP contribution in [-0.2, 0) is 13.1 Å². The van der Waals surface area contributed by atoms with Crippen LogP contribution in [0.3, 0.4) is 0 Å². The molecule has 2 heterocycles. The van der Waals surface area contributed by atoms with Crippen molar-refractivity contribution in [2.75, 3.05) is 7.05 Å². The summed E-state index contributed by atoms with van der Waals surface area (Å²) in [5.74, 6) is 0. The van der Waals surface area contributed by atoms with Gasteiger partial charge >= 0.3 is 0 Å². The first kappa shape index (κ1) is 14.4. The van der Waals surface area contributed by atoms with Gasteiger partial charge in [-0.3, -0.25) is 4.90 Å². The zero-order valence-corrected chi connectivity index (χ0v) is 13.0. The highest BCUT2D eigenvalue weighted by molar-refractivity contribution is 5.65. The zero-order chi connectivity index (χ0) is 15.5. The molecule has 0 fully saturated rings. The summed E-state index contributed by atoms with van der Waals surface area (Å²) in [4.78, 5) is 2.24. The normalized spacial score (nSPS) is 11.0. The van der Waals surface area contributed by atoms with Gasteiger partial charge in [0, 0.05) is 31.0 Å². The predicted octanol–water partition coefficient (Wildman–Crippen LogP) is 3.75. The third kappa shape index (κ3) is 2.88. The van der Waals surface area contributed by atoms with Crippen LogP contribution in [0.25, 0.3) is 5.52 Å². The highest BCUT2D eigenvalue weighted by Gasteiger charge is 2.12. The molecule has 0 aliphatic rings. The van der Waals surface area contributed by atoms with E-state index in [0.717, 1.165) is 29.7 Å². The number of benzene rings is 1. The van der Waals surface area contributed by atoms with Crippen LogP contribution in [0.4, 0.5) is 0 Å². The fourth-order valence-corrected chi connectivity index (χ4v) is 2.78. The van der Waals surface area contributed by atoms with E-state index in [1.165, 1.54) is 11.1 Å². The standard InChI is InChI=1S/C19H19N3/c1-15-6-8-16(9-7-15)12-21(2)13-17-14-22-10-4-3-5-19(22)18(17)11-20/h3-10,14H,12-13H2,1-2H3. The van der Waals surface area contributed by atoms with Gasteiger partial charge in [0.2, 0.25) is 0 Å². The van der Waals surface area contributed by atoms with Gasteiger partial charge in [-0.15, -0.1) is 0 Å². The number of rotatable bonds is 4. The van der Waals surface area contributed by atoms with Crippen LogP contribution in [0.1, 0.15) is 22.3 Å². The molecule has 0 aliphatic heterocycles. The Balaban J connectivity index is 1.80. The quantitative estimate of drug-likeness (QED) is 0.732. The Morgan fingerprint density at radius 1 is 1.09 bits per heavy atom. The first-order chi connectivity index (χ1) is 10.7. The van der Waals surface area contributed by atoms with Gasteiger partial charge in [-0.2, -0.15) is 5.26 Å². The maximum atomic E-state index is 9.46. The third-order valence-corrected chi connectivity index (χ3v) is 3.89. The average molecular weight is 289 g/mol. The largest absolute Gasteiger partial charge is 0.322 e. The molecule has 0 atom stereocenters. The summed E-state index contributed by atoms with van der Waals surface area (Å²) >= 11 is 0. The van der Waals surface area contributed by atoms with Crippen LogP contribution in [0.5, 0.6) is 0 Å². The number of aromatic nitrogens is 1. The number of fused-ring (bicyclic) bond motifs is 1. The molecule has 0 amide bonds. The highest BCUT2D eigenvalue weighted by atomic mass is 15.1. The molecule has 0 saturated carbocycles.